The standard InChI is InChI=1S/C10H18N4O2/c1-7-12-8(2)14(13-7)6-10(3,11-4)9(15)16-5/h11H,6H2,1-5H3. The van der Waals surface area contributed by atoms with Crippen molar-refractivity contribution in [3.05, 3.63) is 11.6 Å². The van der Waals surface area contributed by atoms with E-state index in [0.29, 0.717) is 12.4 Å². The molecule has 16 heavy (non-hydrogen) atoms. The summed E-state index contributed by atoms with van der Waals surface area (Å²) in [7, 11) is 3.09. The highest BCUT2D eigenvalue weighted by molar-refractivity contribution is 5.80. The van der Waals surface area contributed by atoms with Crippen LogP contribution in [0.25, 0.3) is 0 Å². The number of esters is 1. The van der Waals surface area contributed by atoms with Crippen molar-refractivity contribution < 1.29 is 9.53 Å². The second-order valence-electron chi connectivity index (χ2n) is 3.94. The van der Waals surface area contributed by atoms with E-state index in [9.17, 15) is 4.79 Å². The lowest BCUT2D eigenvalue weighted by Crippen LogP contribution is -2.51. The molecule has 0 amide bonds. The van der Waals surface area contributed by atoms with Gasteiger partial charge in [0, 0.05) is 0 Å². The number of nitrogens with zero attached hydrogens (tertiary/aromatic N) is 3. The fourth-order valence-corrected chi connectivity index (χ4v) is 1.48. The molecule has 1 atom stereocenters. The van der Waals surface area contributed by atoms with Crippen molar-refractivity contribution in [2.45, 2.75) is 32.9 Å². The fourth-order valence-electron chi connectivity index (χ4n) is 1.48. The van der Waals surface area contributed by atoms with Crippen LogP contribution in [-0.2, 0) is 16.1 Å². The predicted molar refractivity (Wildman–Crippen MR) is 59.0 cm³/mol. The van der Waals surface area contributed by atoms with Crippen molar-refractivity contribution >= 4 is 5.97 Å². The molecule has 1 heterocycles. The summed E-state index contributed by atoms with van der Waals surface area (Å²) in [6.45, 7) is 5.84. The molecule has 0 bridgehead atoms. The van der Waals surface area contributed by atoms with Gasteiger partial charge in [-0.05, 0) is 27.8 Å². The summed E-state index contributed by atoms with van der Waals surface area (Å²) in [5, 5.41) is 7.17. The van der Waals surface area contributed by atoms with Crippen molar-refractivity contribution in [1.82, 2.24) is 20.1 Å². The Kier molecular flexibility index (Phi) is 3.64. The Balaban J connectivity index is 2.93. The molecule has 0 radical (unpaired) electrons. The lowest BCUT2D eigenvalue weighted by molar-refractivity contribution is -0.148. The molecule has 1 aromatic heterocycles. The zero-order valence-corrected chi connectivity index (χ0v) is 10.4. The van der Waals surface area contributed by atoms with E-state index >= 15 is 0 Å². The first-order valence-electron chi connectivity index (χ1n) is 5.08. The quantitative estimate of drug-likeness (QED) is 0.734. The highest BCUT2D eigenvalue weighted by Crippen LogP contribution is 2.10. The topological polar surface area (TPSA) is 69.0 Å². The Bertz CT molecular complexity index is 388. The maximum atomic E-state index is 11.6. The second-order valence-corrected chi connectivity index (χ2v) is 3.94. The van der Waals surface area contributed by atoms with Gasteiger partial charge in [0.15, 0.2) is 0 Å². The smallest absolute Gasteiger partial charge is 0.327 e. The van der Waals surface area contributed by atoms with E-state index < -0.39 is 5.54 Å². The third-order valence-electron chi connectivity index (χ3n) is 2.62. The van der Waals surface area contributed by atoms with E-state index in [-0.39, 0.29) is 5.97 Å². The molecule has 0 aromatic carbocycles. The second kappa shape index (κ2) is 4.61. The molecule has 0 fully saturated rings. The van der Waals surface area contributed by atoms with Crippen LogP contribution in [0.3, 0.4) is 0 Å². The largest absolute Gasteiger partial charge is 0.468 e. The molecule has 1 rings (SSSR count). The van der Waals surface area contributed by atoms with Gasteiger partial charge in [0.2, 0.25) is 0 Å². The van der Waals surface area contributed by atoms with Crippen LogP contribution in [0.1, 0.15) is 18.6 Å². The molecular weight excluding hydrogens is 208 g/mol. The van der Waals surface area contributed by atoms with Gasteiger partial charge < -0.3 is 10.1 Å². The summed E-state index contributed by atoms with van der Waals surface area (Å²) < 4.78 is 6.46. The number of nitrogens with one attached hydrogen (secondary N) is 1. The summed E-state index contributed by atoms with van der Waals surface area (Å²) in [6, 6.07) is 0. The van der Waals surface area contributed by atoms with E-state index in [0.717, 1.165) is 5.82 Å². The minimum atomic E-state index is -0.792. The summed E-state index contributed by atoms with van der Waals surface area (Å²) in [4.78, 5) is 15.8. The molecule has 1 N–H and O–H groups in total. The molecular formula is C10H18N4O2. The van der Waals surface area contributed by atoms with Gasteiger partial charge in [0.25, 0.3) is 0 Å². The fraction of sp³-hybridized carbons (Fsp3) is 0.700. The zero-order valence-electron chi connectivity index (χ0n) is 10.4. The highest BCUT2D eigenvalue weighted by Gasteiger charge is 2.34. The number of carbonyl (C=O) groups excluding carboxylic acids is 1. The predicted octanol–water partition coefficient (Wildman–Crippen LogP) is 0.0460. The van der Waals surface area contributed by atoms with Crippen LogP contribution in [0.5, 0.6) is 0 Å². The van der Waals surface area contributed by atoms with Crippen molar-refractivity contribution in [2.24, 2.45) is 0 Å². The number of carbonyl (C=O) groups is 1. The number of methoxy groups -OCH3 is 1. The van der Waals surface area contributed by atoms with E-state index in [1.165, 1.54) is 7.11 Å². The average Bonchev–Trinajstić information content (AvgIpc) is 2.55. The lowest BCUT2D eigenvalue weighted by atomic mass is 10.0. The van der Waals surface area contributed by atoms with Gasteiger partial charge in [-0.2, -0.15) is 5.10 Å². The number of ether oxygens (including phenoxy) is 1. The molecule has 0 aliphatic carbocycles. The molecule has 6 heteroatoms. The van der Waals surface area contributed by atoms with Crippen LogP contribution in [-0.4, -0.2) is 40.4 Å². The first-order valence-corrected chi connectivity index (χ1v) is 5.08. The molecule has 0 aliphatic heterocycles. The van der Waals surface area contributed by atoms with E-state index in [4.69, 9.17) is 4.74 Å². The maximum Gasteiger partial charge on any atom is 0.327 e. The van der Waals surface area contributed by atoms with Crippen molar-refractivity contribution in [1.29, 1.82) is 0 Å². The summed E-state index contributed by atoms with van der Waals surface area (Å²) in [6.07, 6.45) is 0. The van der Waals surface area contributed by atoms with Gasteiger partial charge >= 0.3 is 5.97 Å². The Labute approximate surface area is 95.0 Å². The number of aromatic nitrogens is 3. The van der Waals surface area contributed by atoms with Crippen LogP contribution in [0.15, 0.2) is 0 Å². The van der Waals surface area contributed by atoms with Gasteiger partial charge in [-0.1, -0.05) is 0 Å². The molecule has 1 unspecified atom stereocenters. The number of hydrogen-bond acceptors (Lipinski definition) is 5. The summed E-state index contributed by atoms with van der Waals surface area (Å²) in [5.74, 6) is 1.16. The third-order valence-corrected chi connectivity index (χ3v) is 2.62. The highest BCUT2D eigenvalue weighted by atomic mass is 16.5. The minimum Gasteiger partial charge on any atom is -0.468 e. The summed E-state index contributed by atoms with van der Waals surface area (Å²) in [5.41, 5.74) is -0.792. The number of aryl methyl sites for hydroxylation is 2. The van der Waals surface area contributed by atoms with Gasteiger partial charge in [-0.15, -0.1) is 0 Å². The first kappa shape index (κ1) is 12.6. The molecule has 1 aromatic rings. The van der Waals surface area contributed by atoms with Crippen molar-refractivity contribution in [3.8, 4) is 0 Å². The van der Waals surface area contributed by atoms with E-state index in [2.05, 4.69) is 15.4 Å². The zero-order chi connectivity index (χ0) is 12.3. The first-order chi connectivity index (χ1) is 7.42. The normalized spacial score (nSPS) is 14.6. The van der Waals surface area contributed by atoms with Gasteiger partial charge in [-0.25, -0.2) is 14.5 Å². The molecule has 0 spiro atoms. The molecule has 0 saturated carbocycles. The molecule has 6 nitrogen and oxygen atoms in total. The van der Waals surface area contributed by atoms with Crippen LogP contribution in [0.4, 0.5) is 0 Å². The Morgan fingerprint density at radius 1 is 1.56 bits per heavy atom. The Hall–Kier alpha value is -1.43. The summed E-state index contributed by atoms with van der Waals surface area (Å²) >= 11 is 0. The minimum absolute atomic E-state index is 0.317. The molecule has 0 saturated heterocycles. The average molecular weight is 226 g/mol. The van der Waals surface area contributed by atoms with Gasteiger partial charge in [0.05, 0.1) is 13.7 Å². The SMILES string of the molecule is CNC(C)(Cn1nc(C)nc1C)C(=O)OC. The van der Waals surface area contributed by atoms with Crippen LogP contribution in [0, 0.1) is 13.8 Å². The number of hydrogen-bond donors (Lipinski definition) is 1. The molecule has 90 valence electrons. The van der Waals surface area contributed by atoms with E-state index in [1.54, 1.807) is 18.7 Å². The van der Waals surface area contributed by atoms with Gasteiger partial charge in [0.1, 0.15) is 17.2 Å². The maximum absolute atomic E-state index is 11.6. The third kappa shape index (κ3) is 2.38. The van der Waals surface area contributed by atoms with Gasteiger partial charge in [-0.3, -0.25) is 0 Å². The van der Waals surface area contributed by atoms with E-state index in [1.807, 2.05) is 13.8 Å². The van der Waals surface area contributed by atoms with Crippen molar-refractivity contribution in [3.63, 3.8) is 0 Å². The van der Waals surface area contributed by atoms with Crippen LogP contribution in [0.2, 0.25) is 0 Å². The lowest BCUT2D eigenvalue weighted by Gasteiger charge is -2.26. The van der Waals surface area contributed by atoms with Crippen LogP contribution < -0.4 is 5.32 Å². The monoisotopic (exact) mass is 226 g/mol. The number of likely N-dealkylation sites (N-methyl/N-ethyl adjacent to an activating group) is 1. The van der Waals surface area contributed by atoms with Crippen LogP contribution >= 0.6 is 0 Å². The Morgan fingerprint density at radius 2 is 2.19 bits per heavy atom. The molecule has 0 aliphatic rings. The van der Waals surface area contributed by atoms with Crippen molar-refractivity contribution in [2.75, 3.05) is 14.2 Å². The Morgan fingerprint density at radius 3 is 2.56 bits per heavy atom. The number of rotatable bonds is 4.